The largest absolute Gasteiger partial charge is 0.481 e. The first-order valence-corrected chi connectivity index (χ1v) is 6.83. The maximum absolute atomic E-state index is 12.5. The summed E-state index contributed by atoms with van der Waals surface area (Å²) in [5.41, 5.74) is 6.94. The van der Waals surface area contributed by atoms with Crippen LogP contribution in [0.25, 0.3) is 0 Å². The highest BCUT2D eigenvalue weighted by Gasteiger charge is 2.29. The van der Waals surface area contributed by atoms with E-state index >= 15 is 0 Å². The van der Waals surface area contributed by atoms with E-state index < -0.39 is 11.7 Å². The van der Waals surface area contributed by atoms with Crippen LogP contribution >= 0.6 is 0 Å². The predicted molar refractivity (Wildman–Crippen MR) is 77.5 cm³/mol. The number of halogens is 3. The Balaban J connectivity index is 1.97. The van der Waals surface area contributed by atoms with Gasteiger partial charge in [0.05, 0.1) is 18.4 Å². The van der Waals surface area contributed by atoms with E-state index in [0.717, 1.165) is 17.7 Å². The van der Waals surface area contributed by atoms with Gasteiger partial charge in [0.1, 0.15) is 0 Å². The summed E-state index contributed by atoms with van der Waals surface area (Å²) in [6.07, 6.45) is -3.14. The summed E-state index contributed by atoms with van der Waals surface area (Å²) >= 11 is 0. The lowest BCUT2D eigenvalue weighted by Gasteiger charge is -2.12. The van der Waals surface area contributed by atoms with Gasteiger partial charge in [-0.05, 0) is 36.6 Å². The van der Waals surface area contributed by atoms with Gasteiger partial charge in [-0.15, -0.1) is 0 Å². The first kappa shape index (κ1) is 16.3. The third-order valence-electron chi connectivity index (χ3n) is 3.36. The quantitative estimate of drug-likeness (QED) is 0.915. The van der Waals surface area contributed by atoms with Gasteiger partial charge in [0.15, 0.2) is 0 Å². The fraction of sp³-hybridized carbons (Fsp3) is 0.312. The van der Waals surface area contributed by atoms with E-state index in [-0.39, 0.29) is 6.04 Å². The number of aromatic nitrogens is 1. The van der Waals surface area contributed by atoms with Gasteiger partial charge in [0, 0.05) is 12.1 Å². The molecule has 1 unspecified atom stereocenters. The fourth-order valence-corrected chi connectivity index (χ4v) is 2.08. The van der Waals surface area contributed by atoms with E-state index in [2.05, 4.69) is 4.98 Å². The molecule has 0 aliphatic rings. The summed E-state index contributed by atoms with van der Waals surface area (Å²) < 4.78 is 42.5. The van der Waals surface area contributed by atoms with Crippen molar-refractivity contribution in [1.29, 1.82) is 0 Å². The molecule has 22 heavy (non-hydrogen) atoms. The molecule has 1 aromatic carbocycles. The van der Waals surface area contributed by atoms with E-state index in [1.165, 1.54) is 19.2 Å². The molecule has 0 saturated heterocycles. The molecule has 118 valence electrons. The molecule has 2 N–H and O–H groups in total. The number of hydrogen-bond donors (Lipinski definition) is 1. The smallest absolute Gasteiger partial charge is 0.416 e. The van der Waals surface area contributed by atoms with Crippen molar-refractivity contribution >= 4 is 0 Å². The van der Waals surface area contributed by atoms with Crippen LogP contribution in [-0.4, -0.2) is 12.1 Å². The van der Waals surface area contributed by atoms with Crippen LogP contribution < -0.4 is 10.5 Å². The molecule has 2 aromatic rings. The Morgan fingerprint density at radius 2 is 1.82 bits per heavy atom. The molecule has 0 amide bonds. The zero-order valence-corrected chi connectivity index (χ0v) is 12.1. The number of nitrogens with zero attached hydrogens (tertiary/aromatic N) is 1. The first-order valence-electron chi connectivity index (χ1n) is 6.83. The molecule has 0 fully saturated rings. The van der Waals surface area contributed by atoms with Gasteiger partial charge in [0.2, 0.25) is 5.88 Å². The van der Waals surface area contributed by atoms with Crippen molar-refractivity contribution in [3.8, 4) is 5.88 Å². The Hall–Kier alpha value is -2.08. The van der Waals surface area contributed by atoms with Gasteiger partial charge in [-0.2, -0.15) is 13.2 Å². The molecule has 3 nitrogen and oxygen atoms in total. The molecular weight excluding hydrogens is 293 g/mol. The lowest BCUT2D eigenvalue weighted by Crippen LogP contribution is -2.13. The SMILES string of the molecule is COc1cccc(C(N)CCc2ccc(C(F)(F)F)cc2)n1. The topological polar surface area (TPSA) is 48.1 Å². The number of hydrogen-bond acceptors (Lipinski definition) is 3. The zero-order valence-electron chi connectivity index (χ0n) is 12.1. The highest BCUT2D eigenvalue weighted by atomic mass is 19.4. The minimum absolute atomic E-state index is 0.294. The highest BCUT2D eigenvalue weighted by Crippen LogP contribution is 2.29. The summed E-state index contributed by atoms with van der Waals surface area (Å²) in [4.78, 5) is 4.25. The van der Waals surface area contributed by atoms with Crippen molar-refractivity contribution in [2.75, 3.05) is 7.11 Å². The number of methoxy groups -OCH3 is 1. The average Bonchev–Trinajstić information content (AvgIpc) is 2.52. The van der Waals surface area contributed by atoms with Crippen LogP contribution in [0.4, 0.5) is 13.2 Å². The number of aryl methyl sites for hydroxylation is 1. The van der Waals surface area contributed by atoms with E-state index in [4.69, 9.17) is 10.5 Å². The van der Waals surface area contributed by atoms with E-state index in [1.807, 2.05) is 0 Å². The summed E-state index contributed by atoms with van der Waals surface area (Å²) in [5, 5.41) is 0. The van der Waals surface area contributed by atoms with E-state index in [1.54, 1.807) is 18.2 Å². The van der Waals surface area contributed by atoms with Crippen molar-refractivity contribution in [3.05, 3.63) is 59.3 Å². The van der Waals surface area contributed by atoms with Crippen LogP contribution in [0.2, 0.25) is 0 Å². The van der Waals surface area contributed by atoms with Crippen molar-refractivity contribution in [2.45, 2.75) is 25.1 Å². The van der Waals surface area contributed by atoms with Crippen LogP contribution in [0.3, 0.4) is 0 Å². The van der Waals surface area contributed by atoms with Gasteiger partial charge in [0.25, 0.3) is 0 Å². The van der Waals surface area contributed by atoms with Crippen molar-refractivity contribution in [2.24, 2.45) is 5.73 Å². The van der Waals surface area contributed by atoms with Crippen LogP contribution in [-0.2, 0) is 12.6 Å². The second-order valence-corrected chi connectivity index (χ2v) is 4.94. The van der Waals surface area contributed by atoms with Crippen molar-refractivity contribution in [1.82, 2.24) is 4.98 Å². The van der Waals surface area contributed by atoms with Gasteiger partial charge in [-0.3, -0.25) is 0 Å². The Bertz CT molecular complexity index is 612. The van der Waals surface area contributed by atoms with E-state index in [9.17, 15) is 13.2 Å². The number of benzene rings is 1. The van der Waals surface area contributed by atoms with E-state index in [0.29, 0.717) is 24.4 Å². The van der Waals surface area contributed by atoms with Crippen LogP contribution in [0.5, 0.6) is 5.88 Å². The maximum atomic E-state index is 12.5. The third-order valence-corrected chi connectivity index (χ3v) is 3.36. The van der Waals surface area contributed by atoms with Gasteiger partial charge >= 0.3 is 6.18 Å². The van der Waals surface area contributed by atoms with Crippen molar-refractivity contribution in [3.63, 3.8) is 0 Å². The fourth-order valence-electron chi connectivity index (χ4n) is 2.08. The van der Waals surface area contributed by atoms with Crippen LogP contribution in [0, 0.1) is 0 Å². The number of rotatable bonds is 5. The maximum Gasteiger partial charge on any atom is 0.416 e. The number of ether oxygens (including phenoxy) is 1. The number of nitrogens with two attached hydrogens (primary N) is 1. The van der Waals surface area contributed by atoms with Crippen molar-refractivity contribution < 1.29 is 17.9 Å². The predicted octanol–water partition coefficient (Wildman–Crippen LogP) is 3.74. The molecule has 1 heterocycles. The van der Waals surface area contributed by atoms with Gasteiger partial charge in [-0.25, -0.2) is 4.98 Å². The number of alkyl halides is 3. The van der Waals surface area contributed by atoms with Gasteiger partial charge in [-0.1, -0.05) is 18.2 Å². The minimum atomic E-state index is -4.31. The first-order chi connectivity index (χ1) is 10.4. The third kappa shape index (κ3) is 4.21. The standard InChI is InChI=1S/C16H17F3N2O/c1-22-15-4-2-3-14(21-15)13(20)10-7-11-5-8-12(9-6-11)16(17,18)19/h2-6,8-9,13H,7,10,20H2,1H3. The zero-order chi connectivity index (χ0) is 16.2. The van der Waals surface area contributed by atoms with Crippen LogP contribution in [0.1, 0.15) is 29.3 Å². The lowest BCUT2D eigenvalue weighted by atomic mass is 10.0. The molecule has 1 atom stereocenters. The molecule has 1 aromatic heterocycles. The summed E-state index contributed by atoms with van der Waals surface area (Å²) in [6.45, 7) is 0. The normalized spacial score (nSPS) is 13.0. The summed E-state index contributed by atoms with van der Waals surface area (Å²) in [5.74, 6) is 0.488. The van der Waals surface area contributed by atoms with Gasteiger partial charge < -0.3 is 10.5 Å². The molecule has 0 aliphatic heterocycles. The minimum Gasteiger partial charge on any atom is -0.481 e. The Morgan fingerprint density at radius 1 is 1.14 bits per heavy atom. The lowest BCUT2D eigenvalue weighted by molar-refractivity contribution is -0.137. The number of pyridine rings is 1. The summed E-state index contributed by atoms with van der Waals surface area (Å²) in [7, 11) is 1.53. The molecule has 0 radical (unpaired) electrons. The monoisotopic (exact) mass is 310 g/mol. The Kier molecular flexibility index (Phi) is 5.03. The molecular formula is C16H17F3N2O. The second kappa shape index (κ2) is 6.79. The summed E-state index contributed by atoms with van der Waals surface area (Å²) in [6, 6.07) is 10.2. The molecule has 2 rings (SSSR count). The highest BCUT2D eigenvalue weighted by molar-refractivity contribution is 5.25. The molecule has 0 spiro atoms. The Morgan fingerprint density at radius 3 is 2.41 bits per heavy atom. The average molecular weight is 310 g/mol. The molecule has 0 bridgehead atoms. The van der Waals surface area contributed by atoms with Crippen LogP contribution in [0.15, 0.2) is 42.5 Å². The molecule has 6 heteroatoms. The second-order valence-electron chi connectivity index (χ2n) is 4.94. The Labute approximate surface area is 126 Å². The molecule has 0 aliphatic carbocycles. The molecule has 0 saturated carbocycles.